The van der Waals surface area contributed by atoms with E-state index >= 15 is 0 Å². The number of halogens is 1. The topological polar surface area (TPSA) is 78.0 Å². The molecular formula is C20H12BrN3O3. The lowest BCUT2D eigenvalue weighted by molar-refractivity contribution is -0.384. The van der Waals surface area contributed by atoms with E-state index in [0.717, 1.165) is 0 Å². The van der Waals surface area contributed by atoms with Crippen LogP contribution in [0, 0.1) is 10.1 Å². The molecule has 0 aliphatic heterocycles. The highest BCUT2D eigenvalue weighted by Crippen LogP contribution is 2.32. The Balaban J connectivity index is 2.04. The van der Waals surface area contributed by atoms with E-state index in [-0.39, 0.29) is 17.4 Å². The standard InChI is InChI=1S/C20H12BrN3O3/c21-15-9-3-1-7-13(15)20(25)23-18-12-6-4-10-16(18)22-19(23)14-8-2-5-11-17(14)24(26)27/h1-12H. The van der Waals surface area contributed by atoms with Gasteiger partial charge in [0.2, 0.25) is 0 Å². The summed E-state index contributed by atoms with van der Waals surface area (Å²) in [6, 6.07) is 20.5. The third-order valence-electron chi connectivity index (χ3n) is 4.21. The van der Waals surface area contributed by atoms with E-state index < -0.39 is 4.92 Å². The average Bonchev–Trinajstić information content (AvgIpc) is 3.07. The summed E-state index contributed by atoms with van der Waals surface area (Å²) in [5, 5.41) is 11.5. The van der Waals surface area contributed by atoms with Crippen LogP contribution in [-0.2, 0) is 0 Å². The quantitative estimate of drug-likeness (QED) is 0.342. The number of fused-ring (bicyclic) bond motifs is 1. The second-order valence-corrected chi connectivity index (χ2v) is 6.67. The van der Waals surface area contributed by atoms with E-state index in [1.54, 1.807) is 54.6 Å². The smallest absolute Gasteiger partial charge is 0.268 e. The molecule has 1 aromatic heterocycles. The molecule has 4 aromatic rings. The minimum absolute atomic E-state index is 0.103. The average molecular weight is 422 g/mol. The fourth-order valence-electron chi connectivity index (χ4n) is 2.99. The van der Waals surface area contributed by atoms with Crippen molar-refractivity contribution >= 4 is 38.6 Å². The number of imidazole rings is 1. The molecule has 3 aromatic carbocycles. The van der Waals surface area contributed by atoms with Gasteiger partial charge in [-0.05, 0) is 46.3 Å². The molecule has 0 aliphatic rings. The Morgan fingerprint density at radius 1 is 0.963 bits per heavy atom. The maximum absolute atomic E-state index is 13.3. The van der Waals surface area contributed by atoms with Gasteiger partial charge in [-0.1, -0.05) is 36.4 Å². The van der Waals surface area contributed by atoms with Crippen molar-refractivity contribution in [2.24, 2.45) is 0 Å². The lowest BCUT2D eigenvalue weighted by atomic mass is 10.1. The lowest BCUT2D eigenvalue weighted by Gasteiger charge is -2.10. The van der Waals surface area contributed by atoms with Crippen LogP contribution >= 0.6 is 15.9 Å². The molecule has 6 nitrogen and oxygen atoms in total. The molecule has 0 fully saturated rings. The van der Waals surface area contributed by atoms with Gasteiger partial charge < -0.3 is 0 Å². The van der Waals surface area contributed by atoms with Crippen LogP contribution in [0.25, 0.3) is 22.4 Å². The second kappa shape index (κ2) is 6.77. The highest BCUT2D eigenvalue weighted by Gasteiger charge is 2.25. The first-order valence-corrected chi connectivity index (χ1v) is 8.87. The minimum Gasteiger partial charge on any atom is -0.268 e. The van der Waals surface area contributed by atoms with Crippen LogP contribution < -0.4 is 0 Å². The molecular weight excluding hydrogens is 410 g/mol. The van der Waals surface area contributed by atoms with Crippen molar-refractivity contribution in [1.29, 1.82) is 0 Å². The first-order valence-electron chi connectivity index (χ1n) is 8.08. The fraction of sp³-hybridized carbons (Fsp3) is 0. The van der Waals surface area contributed by atoms with E-state index in [1.807, 2.05) is 12.1 Å². The second-order valence-electron chi connectivity index (χ2n) is 5.82. The number of aromatic nitrogens is 2. The van der Waals surface area contributed by atoms with Crippen molar-refractivity contribution < 1.29 is 9.72 Å². The Hall–Kier alpha value is -3.32. The summed E-state index contributed by atoms with van der Waals surface area (Å²) in [4.78, 5) is 28.9. The third-order valence-corrected chi connectivity index (χ3v) is 4.90. The molecule has 0 radical (unpaired) electrons. The highest BCUT2D eigenvalue weighted by molar-refractivity contribution is 9.10. The molecule has 0 amide bonds. The Bertz CT molecular complexity index is 1200. The maximum atomic E-state index is 13.3. The van der Waals surface area contributed by atoms with Gasteiger partial charge in [0.15, 0.2) is 5.82 Å². The summed E-state index contributed by atoms with van der Waals surface area (Å²) in [6.07, 6.45) is 0. The van der Waals surface area contributed by atoms with Crippen molar-refractivity contribution in [3.8, 4) is 11.4 Å². The number of nitro benzene ring substituents is 1. The van der Waals surface area contributed by atoms with Crippen molar-refractivity contribution in [3.05, 3.63) is 92.9 Å². The fourth-order valence-corrected chi connectivity index (χ4v) is 3.44. The summed E-state index contributed by atoms with van der Waals surface area (Å²) in [5.74, 6) is -0.0754. The van der Waals surface area contributed by atoms with Gasteiger partial charge in [0.05, 0.1) is 27.1 Å². The molecule has 0 spiro atoms. The van der Waals surface area contributed by atoms with Crippen molar-refractivity contribution in [1.82, 2.24) is 9.55 Å². The number of nitro groups is 1. The Labute approximate surface area is 162 Å². The summed E-state index contributed by atoms with van der Waals surface area (Å²) in [6.45, 7) is 0. The summed E-state index contributed by atoms with van der Waals surface area (Å²) >= 11 is 3.40. The van der Waals surface area contributed by atoms with Crippen LogP contribution in [0.3, 0.4) is 0 Å². The Morgan fingerprint density at radius 2 is 1.63 bits per heavy atom. The van der Waals surface area contributed by atoms with Crippen LogP contribution in [0.15, 0.2) is 77.3 Å². The predicted molar refractivity (Wildman–Crippen MR) is 106 cm³/mol. The number of para-hydroxylation sites is 3. The zero-order valence-electron chi connectivity index (χ0n) is 13.9. The minimum atomic E-state index is -0.470. The number of carbonyl (C=O) groups is 1. The molecule has 4 rings (SSSR count). The molecule has 0 saturated carbocycles. The van der Waals surface area contributed by atoms with Gasteiger partial charge in [-0.3, -0.25) is 19.5 Å². The van der Waals surface area contributed by atoms with Crippen LogP contribution in [0.4, 0.5) is 5.69 Å². The monoisotopic (exact) mass is 421 g/mol. The van der Waals surface area contributed by atoms with Gasteiger partial charge in [0.1, 0.15) is 0 Å². The number of nitrogens with zero attached hydrogens (tertiary/aromatic N) is 3. The zero-order chi connectivity index (χ0) is 19.0. The molecule has 0 saturated heterocycles. The molecule has 0 N–H and O–H groups in total. The number of rotatable bonds is 3. The SMILES string of the molecule is O=C(c1ccccc1Br)n1c(-c2ccccc2[N+](=O)[O-])nc2ccccc21. The largest absolute Gasteiger partial charge is 0.280 e. The zero-order valence-corrected chi connectivity index (χ0v) is 15.5. The summed E-state index contributed by atoms with van der Waals surface area (Å²) < 4.78 is 2.07. The first-order chi connectivity index (χ1) is 13.1. The van der Waals surface area contributed by atoms with Gasteiger partial charge >= 0.3 is 0 Å². The Kier molecular flexibility index (Phi) is 4.29. The Morgan fingerprint density at radius 3 is 2.41 bits per heavy atom. The third kappa shape index (κ3) is 2.92. The molecule has 132 valence electrons. The van der Waals surface area contributed by atoms with Crippen LogP contribution in [0.2, 0.25) is 0 Å². The van der Waals surface area contributed by atoms with Crippen molar-refractivity contribution in [2.75, 3.05) is 0 Å². The normalized spacial score (nSPS) is 10.9. The number of hydrogen-bond acceptors (Lipinski definition) is 4. The lowest BCUT2D eigenvalue weighted by Crippen LogP contribution is -2.14. The molecule has 0 bridgehead atoms. The predicted octanol–water partition coefficient (Wildman–Crippen LogP) is 5.06. The van der Waals surface area contributed by atoms with E-state index in [1.165, 1.54) is 10.6 Å². The highest BCUT2D eigenvalue weighted by atomic mass is 79.9. The van der Waals surface area contributed by atoms with Gasteiger partial charge in [0, 0.05) is 10.5 Å². The van der Waals surface area contributed by atoms with E-state index in [4.69, 9.17) is 0 Å². The number of hydrogen-bond donors (Lipinski definition) is 0. The maximum Gasteiger partial charge on any atom is 0.280 e. The molecule has 0 aliphatic carbocycles. The van der Waals surface area contributed by atoms with Crippen LogP contribution in [0.5, 0.6) is 0 Å². The van der Waals surface area contributed by atoms with E-state index in [0.29, 0.717) is 26.6 Å². The van der Waals surface area contributed by atoms with Crippen LogP contribution in [-0.4, -0.2) is 20.4 Å². The van der Waals surface area contributed by atoms with Gasteiger partial charge in [-0.2, -0.15) is 0 Å². The summed E-state index contributed by atoms with van der Waals surface area (Å²) in [5.41, 5.74) is 1.81. The molecule has 0 unspecified atom stereocenters. The van der Waals surface area contributed by atoms with Crippen molar-refractivity contribution in [3.63, 3.8) is 0 Å². The number of carbonyl (C=O) groups excluding carboxylic acids is 1. The molecule has 7 heteroatoms. The number of benzene rings is 3. The molecule has 0 atom stereocenters. The van der Waals surface area contributed by atoms with Crippen LogP contribution in [0.1, 0.15) is 10.4 Å². The van der Waals surface area contributed by atoms with Crippen molar-refractivity contribution in [2.45, 2.75) is 0 Å². The van der Waals surface area contributed by atoms with Gasteiger partial charge in [0.25, 0.3) is 11.6 Å². The van der Waals surface area contributed by atoms with Gasteiger partial charge in [-0.15, -0.1) is 0 Å². The molecule has 27 heavy (non-hydrogen) atoms. The molecule has 1 heterocycles. The summed E-state index contributed by atoms with van der Waals surface area (Å²) in [7, 11) is 0. The first kappa shape index (κ1) is 17.1. The van der Waals surface area contributed by atoms with E-state index in [9.17, 15) is 14.9 Å². The van der Waals surface area contributed by atoms with E-state index in [2.05, 4.69) is 20.9 Å². The van der Waals surface area contributed by atoms with Gasteiger partial charge in [-0.25, -0.2) is 4.98 Å².